The van der Waals surface area contributed by atoms with Crippen molar-refractivity contribution in [2.24, 2.45) is 5.92 Å². The van der Waals surface area contributed by atoms with E-state index < -0.39 is 21.4 Å². The number of carboxylic acid groups (broad SMARTS) is 1. The van der Waals surface area contributed by atoms with Gasteiger partial charge < -0.3 is 20.3 Å². The number of rotatable bonds is 8. The topological polar surface area (TPSA) is 113 Å². The van der Waals surface area contributed by atoms with Crippen LogP contribution in [0.1, 0.15) is 59.4 Å². The summed E-state index contributed by atoms with van der Waals surface area (Å²) in [7, 11) is -3.06. The van der Waals surface area contributed by atoms with Crippen molar-refractivity contribution in [1.29, 1.82) is 0 Å². The van der Waals surface area contributed by atoms with Gasteiger partial charge in [0.15, 0.2) is 9.84 Å². The van der Waals surface area contributed by atoms with Gasteiger partial charge in [-0.3, -0.25) is 4.79 Å². The van der Waals surface area contributed by atoms with Gasteiger partial charge in [-0.2, -0.15) is 0 Å². The van der Waals surface area contributed by atoms with Crippen LogP contribution in [0, 0.1) is 12.8 Å². The molecule has 2 atom stereocenters. The van der Waals surface area contributed by atoms with Crippen molar-refractivity contribution >= 4 is 21.5 Å². The third-order valence-corrected chi connectivity index (χ3v) is 10.6. The van der Waals surface area contributed by atoms with Crippen LogP contribution in [-0.4, -0.2) is 48.3 Å². The molecule has 0 radical (unpaired) electrons. The molecule has 1 saturated heterocycles. The van der Waals surface area contributed by atoms with E-state index in [0.717, 1.165) is 42.5 Å². The molecule has 41 heavy (non-hydrogen) atoms. The number of sulfone groups is 1. The second-order valence-corrected chi connectivity index (χ2v) is 14.4. The van der Waals surface area contributed by atoms with Crippen LogP contribution in [0.15, 0.2) is 54.6 Å². The lowest BCUT2D eigenvalue weighted by Crippen LogP contribution is -2.43. The Morgan fingerprint density at radius 2 is 1.76 bits per heavy atom. The maximum absolute atomic E-state index is 11.8. The van der Waals surface area contributed by atoms with E-state index in [4.69, 9.17) is 4.74 Å². The molecular weight excluding hydrogens is 538 g/mol. The molecule has 1 saturated carbocycles. The summed E-state index contributed by atoms with van der Waals surface area (Å²) in [6.07, 6.45) is 4.12. The van der Waals surface area contributed by atoms with Crippen molar-refractivity contribution in [1.82, 2.24) is 0 Å². The zero-order valence-corrected chi connectivity index (χ0v) is 24.2. The molecule has 1 heterocycles. The van der Waals surface area contributed by atoms with Gasteiger partial charge in [0.25, 0.3) is 0 Å². The summed E-state index contributed by atoms with van der Waals surface area (Å²) >= 11 is 0. The van der Waals surface area contributed by atoms with Gasteiger partial charge in [0.1, 0.15) is 18.0 Å². The van der Waals surface area contributed by atoms with Gasteiger partial charge in [-0.15, -0.1) is 0 Å². The highest BCUT2D eigenvalue weighted by Crippen LogP contribution is 2.47. The Labute approximate surface area is 241 Å². The van der Waals surface area contributed by atoms with Crippen LogP contribution >= 0.6 is 0 Å². The molecule has 0 bridgehead atoms. The Hall–Kier alpha value is -3.36. The van der Waals surface area contributed by atoms with Gasteiger partial charge in [0.05, 0.1) is 17.4 Å². The van der Waals surface area contributed by atoms with Gasteiger partial charge >= 0.3 is 5.97 Å². The van der Waals surface area contributed by atoms with Crippen LogP contribution in [0.4, 0.5) is 5.69 Å². The van der Waals surface area contributed by atoms with Crippen LogP contribution in [-0.2, 0) is 34.0 Å². The number of hydrogen-bond acceptors (Lipinski definition) is 6. The normalized spacial score (nSPS) is 22.1. The molecule has 3 aromatic carbocycles. The third-order valence-electron chi connectivity index (χ3n) is 8.93. The van der Waals surface area contributed by atoms with Crippen molar-refractivity contribution < 1.29 is 28.2 Å². The molecule has 2 fully saturated rings. The summed E-state index contributed by atoms with van der Waals surface area (Å²) in [6, 6.07) is 18.9. The lowest BCUT2D eigenvalue weighted by atomic mass is 9.91. The van der Waals surface area contributed by atoms with Gasteiger partial charge in [0, 0.05) is 12.2 Å². The fraction of sp³-hybridized carbons (Fsp3) is 0.424. The minimum Gasteiger partial charge on any atom is -0.491 e. The van der Waals surface area contributed by atoms with E-state index in [-0.39, 0.29) is 42.8 Å². The number of aliphatic carboxylic acids is 1. The van der Waals surface area contributed by atoms with E-state index in [1.165, 1.54) is 27.8 Å². The van der Waals surface area contributed by atoms with E-state index in [9.17, 15) is 23.4 Å². The Bertz CT molecular complexity index is 1570. The van der Waals surface area contributed by atoms with Gasteiger partial charge in [-0.1, -0.05) is 24.3 Å². The predicted molar refractivity (Wildman–Crippen MR) is 159 cm³/mol. The average molecular weight is 576 g/mol. The van der Waals surface area contributed by atoms with Crippen LogP contribution in [0.25, 0.3) is 11.1 Å². The number of benzene rings is 3. The molecule has 3 aliphatic rings. The van der Waals surface area contributed by atoms with E-state index in [2.05, 4.69) is 36.5 Å². The fourth-order valence-electron chi connectivity index (χ4n) is 6.31. The van der Waals surface area contributed by atoms with Crippen LogP contribution in [0.5, 0.6) is 5.75 Å². The number of carbonyl (C=O) groups is 1. The Balaban J connectivity index is 1.15. The van der Waals surface area contributed by atoms with Crippen molar-refractivity contribution in [2.75, 3.05) is 23.4 Å². The van der Waals surface area contributed by atoms with Crippen molar-refractivity contribution in [3.8, 4) is 16.9 Å². The van der Waals surface area contributed by atoms with Crippen molar-refractivity contribution in [3.05, 3.63) is 82.4 Å². The Morgan fingerprint density at radius 3 is 2.46 bits per heavy atom. The molecule has 216 valence electrons. The summed E-state index contributed by atoms with van der Waals surface area (Å²) in [5, 5.41) is 23.6. The zero-order valence-electron chi connectivity index (χ0n) is 23.4. The summed E-state index contributed by atoms with van der Waals surface area (Å²) in [4.78, 5) is 11.2. The largest absolute Gasteiger partial charge is 0.491 e. The van der Waals surface area contributed by atoms with Gasteiger partial charge in [-0.05, 0) is 121 Å². The molecule has 3 N–H and O–H groups in total. The highest BCUT2D eigenvalue weighted by Gasteiger charge is 2.44. The maximum Gasteiger partial charge on any atom is 0.307 e. The summed E-state index contributed by atoms with van der Waals surface area (Å²) in [6.45, 7) is 2.87. The number of carboxylic acids is 1. The molecular formula is C33H37NO6S. The molecule has 6 rings (SSSR count). The number of hydrogen-bond donors (Lipinski definition) is 3. The average Bonchev–Trinajstić information content (AvgIpc) is 3.77. The zero-order chi connectivity index (χ0) is 28.8. The smallest absolute Gasteiger partial charge is 0.307 e. The molecule has 1 aliphatic heterocycles. The second kappa shape index (κ2) is 10.8. The van der Waals surface area contributed by atoms with E-state index in [1.54, 1.807) is 0 Å². The minimum absolute atomic E-state index is 0.00301. The third kappa shape index (κ3) is 6.14. The first-order chi connectivity index (χ1) is 19.6. The number of anilines is 1. The molecule has 3 aromatic rings. The molecule has 8 heteroatoms. The lowest BCUT2D eigenvalue weighted by Gasteiger charge is -2.31. The van der Waals surface area contributed by atoms with Crippen LogP contribution in [0.3, 0.4) is 0 Å². The number of fused-ring (bicyclic) bond motifs is 3. The van der Waals surface area contributed by atoms with Gasteiger partial charge in [-0.25, -0.2) is 8.42 Å². The van der Waals surface area contributed by atoms with E-state index in [1.807, 2.05) is 30.3 Å². The monoisotopic (exact) mass is 575 g/mol. The minimum atomic E-state index is -3.06. The first kappa shape index (κ1) is 27.8. The van der Waals surface area contributed by atoms with Crippen LogP contribution < -0.4 is 10.1 Å². The van der Waals surface area contributed by atoms with Crippen molar-refractivity contribution in [3.63, 3.8) is 0 Å². The predicted octanol–water partition coefficient (Wildman–Crippen LogP) is 5.27. The number of ether oxygens (including phenoxy) is 1. The van der Waals surface area contributed by atoms with E-state index >= 15 is 0 Å². The Kier molecular flexibility index (Phi) is 7.32. The van der Waals surface area contributed by atoms with Gasteiger partial charge in [0.2, 0.25) is 0 Å². The lowest BCUT2D eigenvalue weighted by molar-refractivity contribution is -0.138. The number of nitrogens with one attached hydrogen (secondary N) is 1. The molecule has 0 spiro atoms. The summed E-state index contributed by atoms with van der Waals surface area (Å²) < 4.78 is 29.6. The molecule has 2 aliphatic carbocycles. The highest BCUT2D eigenvalue weighted by atomic mass is 32.2. The van der Waals surface area contributed by atoms with Crippen molar-refractivity contribution in [2.45, 2.75) is 63.5 Å². The first-order valence-corrected chi connectivity index (χ1v) is 16.3. The summed E-state index contributed by atoms with van der Waals surface area (Å²) in [5.41, 5.74) is 8.36. The van der Waals surface area contributed by atoms with E-state index in [0.29, 0.717) is 12.3 Å². The SMILES string of the molecule is Cc1cc(OCC2(O)CCS(=O)(=O)CC2)cc2c1-c1cc(CNc3ccc(C4CC4C(=O)O)cc3)ccc1CCC2. The standard InChI is InChI=1S/C33H37NO6S/c1-21-15-27(40-20-33(37)11-13-41(38,39)14-12-33)17-25-4-2-3-23-6-5-22(16-29(23)31(21)25)19-34-26-9-7-24(8-10-26)28-18-30(28)32(35)36/h5-10,15-17,28,30,34,37H,2-4,11-14,18-20H2,1H3,(H,35,36). The molecule has 2 unspecified atom stereocenters. The molecule has 0 amide bonds. The van der Waals surface area contributed by atoms with Crippen LogP contribution in [0.2, 0.25) is 0 Å². The fourth-order valence-corrected chi connectivity index (χ4v) is 7.90. The highest BCUT2D eigenvalue weighted by molar-refractivity contribution is 7.91. The number of aryl methyl sites for hydroxylation is 3. The number of aliphatic hydroxyl groups is 1. The quantitative estimate of drug-likeness (QED) is 0.335. The maximum atomic E-state index is 11.8. The second-order valence-electron chi connectivity index (χ2n) is 12.0. The summed E-state index contributed by atoms with van der Waals surface area (Å²) in [5.74, 6) is -0.0957. The Morgan fingerprint density at radius 1 is 1.02 bits per heavy atom. The molecule has 7 nitrogen and oxygen atoms in total. The first-order valence-electron chi connectivity index (χ1n) is 14.5. The molecule has 0 aromatic heterocycles.